The van der Waals surface area contributed by atoms with Gasteiger partial charge in [0, 0.05) is 24.1 Å². The molecule has 0 radical (unpaired) electrons. The van der Waals surface area contributed by atoms with Crippen molar-refractivity contribution in [3.63, 3.8) is 0 Å². The number of nitrogens with one attached hydrogen (secondary N) is 1. The quantitative estimate of drug-likeness (QED) is 0.659. The van der Waals surface area contributed by atoms with E-state index in [1.54, 1.807) is 30.3 Å². The van der Waals surface area contributed by atoms with E-state index in [0.29, 0.717) is 17.0 Å². The second-order valence-corrected chi connectivity index (χ2v) is 6.67. The summed E-state index contributed by atoms with van der Waals surface area (Å²) >= 11 is 1.44. The van der Waals surface area contributed by atoms with Gasteiger partial charge in [0.25, 0.3) is 11.8 Å². The first-order valence-corrected chi connectivity index (χ1v) is 8.59. The maximum atomic E-state index is 12.8. The zero-order valence-electron chi connectivity index (χ0n) is 13.4. The lowest BCUT2D eigenvalue weighted by molar-refractivity contribution is -0.115. The van der Waals surface area contributed by atoms with Gasteiger partial charge in [-0.15, -0.1) is 11.8 Å². The Morgan fingerprint density at radius 1 is 1.12 bits per heavy atom. The van der Waals surface area contributed by atoms with E-state index in [1.165, 1.54) is 30.9 Å². The normalized spacial score (nSPS) is 13.1. The van der Waals surface area contributed by atoms with E-state index in [1.807, 2.05) is 0 Å². The molecule has 0 saturated carbocycles. The lowest BCUT2D eigenvalue weighted by Crippen LogP contribution is -2.24. The van der Waals surface area contributed by atoms with Gasteiger partial charge in [0.2, 0.25) is 5.91 Å². The summed E-state index contributed by atoms with van der Waals surface area (Å²) < 4.78 is 12.8. The van der Waals surface area contributed by atoms with Crippen LogP contribution in [0.1, 0.15) is 27.1 Å². The molecule has 7 heteroatoms. The Labute approximate surface area is 148 Å². The van der Waals surface area contributed by atoms with Crippen LogP contribution in [0.4, 0.5) is 10.1 Å². The fraction of sp³-hybridized carbons (Fsp3) is 0.167. The number of halogens is 1. The summed E-state index contributed by atoms with van der Waals surface area (Å²) in [5, 5.41) is 2.70. The molecule has 1 aliphatic rings. The highest BCUT2D eigenvalue weighted by Gasteiger charge is 2.35. The number of hydrogen-bond acceptors (Lipinski definition) is 4. The molecule has 5 nitrogen and oxygen atoms in total. The van der Waals surface area contributed by atoms with Gasteiger partial charge in [-0.25, -0.2) is 4.39 Å². The molecule has 1 aliphatic heterocycles. The van der Waals surface area contributed by atoms with Crippen molar-refractivity contribution in [2.75, 3.05) is 18.1 Å². The smallest absolute Gasteiger partial charge is 0.263 e. The number of imide groups is 1. The molecule has 0 fully saturated rings. The molecule has 2 aromatic carbocycles. The van der Waals surface area contributed by atoms with Crippen LogP contribution in [0.5, 0.6) is 0 Å². The predicted octanol–water partition coefficient (Wildman–Crippen LogP) is 3.17. The first-order valence-electron chi connectivity index (χ1n) is 7.61. The summed E-state index contributed by atoms with van der Waals surface area (Å²) in [5.74, 6) is -0.833. The highest BCUT2D eigenvalue weighted by molar-refractivity contribution is 7.99. The van der Waals surface area contributed by atoms with Crippen LogP contribution in [0.15, 0.2) is 47.4 Å². The summed E-state index contributed by atoms with van der Waals surface area (Å²) in [6.07, 6.45) is 0.226. The third-order valence-corrected chi connectivity index (χ3v) is 4.82. The Morgan fingerprint density at radius 2 is 1.84 bits per heavy atom. The third-order valence-electron chi connectivity index (χ3n) is 3.80. The van der Waals surface area contributed by atoms with Crippen LogP contribution >= 0.6 is 11.8 Å². The molecular formula is C18H15FN2O3S. The van der Waals surface area contributed by atoms with Gasteiger partial charge in [-0.2, -0.15) is 0 Å². The number of nitrogens with zero attached hydrogens (tertiary/aromatic N) is 1. The van der Waals surface area contributed by atoms with Gasteiger partial charge >= 0.3 is 0 Å². The maximum Gasteiger partial charge on any atom is 0.263 e. The summed E-state index contributed by atoms with van der Waals surface area (Å²) in [7, 11) is 1.41. The molecule has 1 N–H and O–H groups in total. The second-order valence-electron chi connectivity index (χ2n) is 5.50. The van der Waals surface area contributed by atoms with E-state index in [2.05, 4.69) is 5.32 Å². The molecule has 0 spiro atoms. The van der Waals surface area contributed by atoms with Crippen LogP contribution in [0.3, 0.4) is 0 Å². The predicted molar refractivity (Wildman–Crippen MR) is 93.2 cm³/mol. The SMILES string of the molecule is CN1C(=O)c2cccc(NC(=O)CCSc3ccc(F)cc3)c2C1=O. The van der Waals surface area contributed by atoms with Gasteiger partial charge in [-0.1, -0.05) is 6.07 Å². The Hall–Kier alpha value is -2.67. The van der Waals surface area contributed by atoms with Crippen molar-refractivity contribution in [1.82, 2.24) is 4.90 Å². The van der Waals surface area contributed by atoms with Gasteiger partial charge < -0.3 is 5.32 Å². The number of thioether (sulfide) groups is 1. The van der Waals surface area contributed by atoms with E-state index >= 15 is 0 Å². The minimum atomic E-state index is -0.420. The molecule has 0 aliphatic carbocycles. The Morgan fingerprint density at radius 3 is 2.56 bits per heavy atom. The standard InChI is InChI=1S/C18H15FN2O3S/c1-21-17(23)13-3-2-4-14(16(13)18(21)24)20-15(22)9-10-25-12-7-5-11(19)6-8-12/h2-8H,9-10H2,1H3,(H,20,22). The zero-order chi connectivity index (χ0) is 18.0. The topological polar surface area (TPSA) is 66.5 Å². The average molecular weight is 358 g/mol. The van der Waals surface area contributed by atoms with Crippen LogP contribution in [0.25, 0.3) is 0 Å². The Bertz CT molecular complexity index is 852. The fourth-order valence-corrected chi connectivity index (χ4v) is 3.36. The van der Waals surface area contributed by atoms with Crippen LogP contribution in [-0.4, -0.2) is 35.4 Å². The van der Waals surface area contributed by atoms with Gasteiger partial charge in [0.1, 0.15) is 5.82 Å². The van der Waals surface area contributed by atoms with E-state index in [-0.39, 0.29) is 29.6 Å². The van der Waals surface area contributed by atoms with Gasteiger partial charge in [-0.05, 0) is 36.4 Å². The summed E-state index contributed by atoms with van der Waals surface area (Å²) in [6, 6.07) is 10.9. The first kappa shape index (κ1) is 17.2. The molecule has 0 atom stereocenters. The highest BCUT2D eigenvalue weighted by atomic mass is 32.2. The molecule has 3 amide bonds. The number of hydrogen-bond donors (Lipinski definition) is 1. The highest BCUT2D eigenvalue weighted by Crippen LogP contribution is 2.28. The molecule has 0 aromatic heterocycles. The third kappa shape index (κ3) is 3.56. The summed E-state index contributed by atoms with van der Waals surface area (Å²) in [6.45, 7) is 0. The minimum Gasteiger partial charge on any atom is -0.325 e. The molecular weight excluding hydrogens is 343 g/mol. The van der Waals surface area contributed by atoms with Crippen molar-refractivity contribution >= 4 is 35.2 Å². The van der Waals surface area contributed by atoms with E-state index in [0.717, 1.165) is 9.80 Å². The molecule has 128 valence electrons. The van der Waals surface area contributed by atoms with Crippen LogP contribution < -0.4 is 5.32 Å². The lowest BCUT2D eigenvalue weighted by atomic mass is 10.1. The number of benzene rings is 2. The molecule has 25 heavy (non-hydrogen) atoms. The van der Waals surface area contributed by atoms with E-state index in [9.17, 15) is 18.8 Å². The van der Waals surface area contributed by atoms with Crippen molar-refractivity contribution in [2.45, 2.75) is 11.3 Å². The van der Waals surface area contributed by atoms with Crippen molar-refractivity contribution < 1.29 is 18.8 Å². The molecule has 1 heterocycles. The van der Waals surface area contributed by atoms with Crippen LogP contribution in [0, 0.1) is 5.82 Å². The molecule has 2 aromatic rings. The second kappa shape index (κ2) is 7.06. The van der Waals surface area contributed by atoms with Crippen LogP contribution in [0.2, 0.25) is 0 Å². The fourth-order valence-electron chi connectivity index (χ4n) is 2.51. The van der Waals surface area contributed by atoms with Crippen molar-refractivity contribution in [1.29, 1.82) is 0 Å². The lowest BCUT2D eigenvalue weighted by Gasteiger charge is -2.09. The van der Waals surface area contributed by atoms with Gasteiger partial charge in [-0.3, -0.25) is 19.3 Å². The molecule has 0 unspecified atom stereocenters. The number of carbonyl (C=O) groups is 3. The first-order chi connectivity index (χ1) is 12.0. The number of anilines is 1. The van der Waals surface area contributed by atoms with Crippen LogP contribution in [-0.2, 0) is 4.79 Å². The van der Waals surface area contributed by atoms with Gasteiger partial charge in [0.05, 0.1) is 16.8 Å². The monoisotopic (exact) mass is 358 g/mol. The zero-order valence-corrected chi connectivity index (χ0v) is 14.2. The van der Waals surface area contributed by atoms with E-state index < -0.39 is 5.91 Å². The van der Waals surface area contributed by atoms with Crippen molar-refractivity contribution in [2.24, 2.45) is 0 Å². The number of fused-ring (bicyclic) bond motifs is 1. The van der Waals surface area contributed by atoms with Crippen molar-refractivity contribution in [3.05, 3.63) is 59.4 Å². The number of amides is 3. The summed E-state index contributed by atoms with van der Waals surface area (Å²) in [5.41, 5.74) is 0.873. The molecule has 0 saturated heterocycles. The largest absolute Gasteiger partial charge is 0.325 e. The van der Waals surface area contributed by atoms with Crippen molar-refractivity contribution in [3.8, 4) is 0 Å². The number of rotatable bonds is 5. The Kier molecular flexibility index (Phi) is 4.85. The number of carbonyl (C=O) groups excluding carboxylic acids is 3. The Balaban J connectivity index is 1.62. The van der Waals surface area contributed by atoms with E-state index in [4.69, 9.17) is 0 Å². The summed E-state index contributed by atoms with van der Waals surface area (Å²) in [4.78, 5) is 38.2. The molecule has 3 rings (SSSR count). The maximum absolute atomic E-state index is 12.8. The van der Waals surface area contributed by atoms with Gasteiger partial charge in [0.15, 0.2) is 0 Å². The minimum absolute atomic E-state index is 0.226. The average Bonchev–Trinajstić information content (AvgIpc) is 2.82. The molecule has 0 bridgehead atoms.